The van der Waals surface area contributed by atoms with Crippen LogP contribution in [0.3, 0.4) is 0 Å². The smallest absolute Gasteiger partial charge is 0.267 e. The van der Waals surface area contributed by atoms with Crippen LogP contribution in [0.2, 0.25) is 0 Å². The van der Waals surface area contributed by atoms with E-state index in [1.807, 2.05) is 11.0 Å². The van der Waals surface area contributed by atoms with Crippen LogP contribution in [0.4, 0.5) is 5.69 Å². The van der Waals surface area contributed by atoms with Crippen LogP contribution in [0.25, 0.3) is 0 Å². The van der Waals surface area contributed by atoms with E-state index >= 15 is 0 Å². The quantitative estimate of drug-likeness (QED) is 0.859. The van der Waals surface area contributed by atoms with Crippen LogP contribution in [0.15, 0.2) is 41.1 Å². The molecule has 1 saturated heterocycles. The fourth-order valence-corrected chi connectivity index (χ4v) is 2.79. The fourth-order valence-electron chi connectivity index (χ4n) is 2.79. The third-order valence-corrected chi connectivity index (χ3v) is 3.90. The molecule has 23 heavy (non-hydrogen) atoms. The molecule has 0 aromatic carbocycles. The lowest BCUT2D eigenvalue weighted by molar-refractivity contribution is -0.122. The second-order valence-corrected chi connectivity index (χ2v) is 5.41. The summed E-state index contributed by atoms with van der Waals surface area (Å²) in [6.07, 6.45) is 4.78. The molecule has 1 fully saturated rings. The number of primary amides is 1. The molecule has 7 nitrogen and oxygen atoms in total. The average molecular weight is 314 g/mol. The first kappa shape index (κ1) is 15.1. The predicted molar refractivity (Wildman–Crippen MR) is 83.7 cm³/mol. The minimum absolute atomic E-state index is 0.0589. The Labute approximate surface area is 133 Å². The molecule has 2 aromatic heterocycles. The normalized spacial score (nSPS) is 17.2. The third kappa shape index (κ3) is 3.33. The zero-order valence-electron chi connectivity index (χ0n) is 12.6. The zero-order valence-corrected chi connectivity index (χ0v) is 12.6. The number of hydrogen-bond donors (Lipinski definition) is 2. The second-order valence-electron chi connectivity index (χ2n) is 5.41. The Hall–Kier alpha value is -2.83. The second kappa shape index (κ2) is 6.51. The van der Waals surface area contributed by atoms with Crippen LogP contribution in [-0.4, -0.2) is 29.4 Å². The number of aromatic nitrogens is 1. The lowest BCUT2D eigenvalue weighted by Gasteiger charge is -2.26. The van der Waals surface area contributed by atoms with E-state index in [-0.39, 0.29) is 17.6 Å². The molecule has 0 aliphatic carbocycles. The van der Waals surface area contributed by atoms with Gasteiger partial charge in [-0.05, 0) is 37.1 Å². The van der Waals surface area contributed by atoms with Crippen LogP contribution in [0.1, 0.15) is 29.1 Å². The van der Waals surface area contributed by atoms with Gasteiger partial charge in [0.25, 0.3) is 5.91 Å². The van der Waals surface area contributed by atoms with Gasteiger partial charge >= 0.3 is 0 Å². The Morgan fingerprint density at radius 3 is 3.04 bits per heavy atom. The maximum atomic E-state index is 12.4. The molecule has 0 saturated carbocycles. The Morgan fingerprint density at radius 1 is 1.43 bits per heavy atom. The minimum atomic E-state index is -0.579. The number of nitrogens with two attached hydrogens (primary N) is 1. The van der Waals surface area contributed by atoms with Gasteiger partial charge in [-0.3, -0.25) is 14.6 Å². The van der Waals surface area contributed by atoms with Gasteiger partial charge < -0.3 is 20.4 Å². The number of amides is 2. The topological polar surface area (TPSA) is 101 Å². The van der Waals surface area contributed by atoms with Gasteiger partial charge in [0.15, 0.2) is 0 Å². The highest BCUT2D eigenvalue weighted by Gasteiger charge is 2.31. The maximum absolute atomic E-state index is 12.4. The summed E-state index contributed by atoms with van der Waals surface area (Å²) in [6, 6.07) is 6.74. The van der Waals surface area contributed by atoms with E-state index in [0.717, 1.165) is 25.1 Å². The summed E-state index contributed by atoms with van der Waals surface area (Å²) in [5.41, 5.74) is 6.25. The van der Waals surface area contributed by atoms with Gasteiger partial charge in [0.2, 0.25) is 5.91 Å². The lowest BCUT2D eigenvalue weighted by atomic mass is 10.2. The summed E-state index contributed by atoms with van der Waals surface area (Å²) in [4.78, 5) is 29.6. The molecule has 1 atom stereocenters. The summed E-state index contributed by atoms with van der Waals surface area (Å²) < 4.78 is 5.21. The number of rotatable bonds is 5. The SMILES string of the molecule is NC(=O)c1cc(N2CCCC2C(=O)NCc2ccco2)ccn1. The van der Waals surface area contributed by atoms with Crippen LogP contribution in [0, 0.1) is 0 Å². The molecule has 0 bridgehead atoms. The summed E-state index contributed by atoms with van der Waals surface area (Å²) >= 11 is 0. The van der Waals surface area contributed by atoms with Gasteiger partial charge in [-0.1, -0.05) is 0 Å². The van der Waals surface area contributed by atoms with Crippen molar-refractivity contribution in [1.29, 1.82) is 0 Å². The molecule has 2 aromatic rings. The third-order valence-electron chi connectivity index (χ3n) is 3.90. The van der Waals surface area contributed by atoms with Crippen molar-refractivity contribution in [2.45, 2.75) is 25.4 Å². The minimum Gasteiger partial charge on any atom is -0.467 e. The number of carbonyl (C=O) groups is 2. The van der Waals surface area contributed by atoms with Crippen molar-refractivity contribution >= 4 is 17.5 Å². The maximum Gasteiger partial charge on any atom is 0.267 e. The summed E-state index contributed by atoms with van der Waals surface area (Å²) in [7, 11) is 0. The number of hydrogen-bond acceptors (Lipinski definition) is 5. The van der Waals surface area contributed by atoms with E-state index in [1.54, 1.807) is 24.5 Å². The molecule has 3 heterocycles. The van der Waals surface area contributed by atoms with Crippen molar-refractivity contribution in [3.05, 3.63) is 48.2 Å². The van der Waals surface area contributed by atoms with E-state index in [9.17, 15) is 9.59 Å². The molecule has 1 aliphatic heterocycles. The molecular formula is C16H18N4O3. The van der Waals surface area contributed by atoms with Gasteiger partial charge in [-0.2, -0.15) is 0 Å². The monoisotopic (exact) mass is 314 g/mol. The standard InChI is InChI=1S/C16H18N4O3/c17-15(21)13-9-11(5-6-18-13)20-7-1-4-14(20)16(22)19-10-12-3-2-8-23-12/h2-3,5-6,8-9,14H,1,4,7,10H2,(H2,17,21)(H,19,22). The lowest BCUT2D eigenvalue weighted by Crippen LogP contribution is -2.43. The average Bonchev–Trinajstić information content (AvgIpc) is 3.24. The Balaban J connectivity index is 1.70. The van der Waals surface area contributed by atoms with Crippen LogP contribution < -0.4 is 16.0 Å². The van der Waals surface area contributed by atoms with Crippen molar-refractivity contribution < 1.29 is 14.0 Å². The van der Waals surface area contributed by atoms with E-state index in [2.05, 4.69) is 10.3 Å². The molecule has 1 unspecified atom stereocenters. The van der Waals surface area contributed by atoms with Crippen molar-refractivity contribution in [3.8, 4) is 0 Å². The number of carbonyl (C=O) groups excluding carboxylic acids is 2. The van der Waals surface area contributed by atoms with Gasteiger partial charge in [0.1, 0.15) is 17.5 Å². The first-order valence-electron chi connectivity index (χ1n) is 7.48. The molecular weight excluding hydrogens is 296 g/mol. The summed E-state index contributed by atoms with van der Waals surface area (Å²) in [5, 5.41) is 2.88. The van der Waals surface area contributed by atoms with Crippen molar-refractivity contribution in [2.75, 3.05) is 11.4 Å². The number of nitrogens with one attached hydrogen (secondary N) is 1. The van der Waals surface area contributed by atoms with E-state index in [0.29, 0.717) is 12.3 Å². The molecule has 120 valence electrons. The first-order chi connectivity index (χ1) is 11.1. The van der Waals surface area contributed by atoms with Gasteiger partial charge in [-0.15, -0.1) is 0 Å². The highest BCUT2D eigenvalue weighted by molar-refractivity contribution is 5.92. The van der Waals surface area contributed by atoms with E-state index in [1.165, 1.54) is 6.20 Å². The van der Waals surface area contributed by atoms with Gasteiger partial charge in [0, 0.05) is 18.4 Å². The first-order valence-corrected chi connectivity index (χ1v) is 7.48. The van der Waals surface area contributed by atoms with Crippen LogP contribution >= 0.6 is 0 Å². The van der Waals surface area contributed by atoms with Crippen molar-refractivity contribution in [1.82, 2.24) is 10.3 Å². The number of anilines is 1. The summed E-state index contributed by atoms with van der Waals surface area (Å²) in [6.45, 7) is 1.11. The number of nitrogens with zero attached hydrogens (tertiary/aromatic N) is 2. The molecule has 1 aliphatic rings. The number of pyridine rings is 1. The molecule has 3 rings (SSSR count). The van der Waals surface area contributed by atoms with E-state index in [4.69, 9.17) is 10.2 Å². The Morgan fingerprint density at radius 2 is 2.30 bits per heavy atom. The number of furan rings is 1. The van der Waals surface area contributed by atoms with Crippen molar-refractivity contribution in [3.63, 3.8) is 0 Å². The molecule has 7 heteroatoms. The Kier molecular flexibility index (Phi) is 4.27. The molecule has 2 amide bonds. The zero-order chi connectivity index (χ0) is 16.2. The van der Waals surface area contributed by atoms with Crippen LogP contribution in [0.5, 0.6) is 0 Å². The largest absolute Gasteiger partial charge is 0.467 e. The Bertz CT molecular complexity index is 699. The van der Waals surface area contributed by atoms with Crippen LogP contribution in [-0.2, 0) is 11.3 Å². The predicted octanol–water partition coefficient (Wildman–Crippen LogP) is 1.06. The van der Waals surface area contributed by atoms with E-state index < -0.39 is 5.91 Å². The van der Waals surface area contributed by atoms with Crippen molar-refractivity contribution in [2.24, 2.45) is 5.73 Å². The van der Waals surface area contributed by atoms with Gasteiger partial charge in [-0.25, -0.2) is 0 Å². The summed E-state index contributed by atoms with van der Waals surface area (Å²) in [5.74, 6) is 0.0732. The molecule has 0 radical (unpaired) electrons. The fraction of sp³-hybridized carbons (Fsp3) is 0.312. The van der Waals surface area contributed by atoms with Gasteiger partial charge in [0.05, 0.1) is 12.8 Å². The molecule has 3 N–H and O–H groups in total. The highest BCUT2D eigenvalue weighted by atomic mass is 16.3. The molecule has 0 spiro atoms. The highest BCUT2D eigenvalue weighted by Crippen LogP contribution is 2.25.